The summed E-state index contributed by atoms with van der Waals surface area (Å²) < 4.78 is 13.7. The van der Waals surface area contributed by atoms with Gasteiger partial charge in [-0.05, 0) is 65.4 Å². The number of halogens is 1. The highest BCUT2D eigenvalue weighted by Gasteiger charge is 2.29. The van der Waals surface area contributed by atoms with Crippen LogP contribution in [0.5, 0.6) is 0 Å². The smallest absolute Gasteiger partial charge is 0.244 e. The number of hydrogen-bond acceptors (Lipinski definition) is 3. The van der Waals surface area contributed by atoms with Crippen LogP contribution < -0.4 is 10.2 Å². The summed E-state index contributed by atoms with van der Waals surface area (Å²) in [5, 5.41) is 3.39. The van der Waals surface area contributed by atoms with Crippen LogP contribution in [-0.4, -0.2) is 16.9 Å². The van der Waals surface area contributed by atoms with E-state index in [0.29, 0.717) is 25.2 Å². The maximum absolute atomic E-state index is 13.8. The molecule has 4 nitrogen and oxygen atoms in total. The maximum Gasteiger partial charge on any atom is 0.244 e. The minimum Gasteiger partial charge on any atom is -0.307 e. The highest BCUT2D eigenvalue weighted by molar-refractivity contribution is 5.97. The predicted molar refractivity (Wildman–Crippen MR) is 141 cm³/mol. The number of carbonyl (C=O) groups is 1. The lowest BCUT2D eigenvalue weighted by molar-refractivity contribution is -0.120. The van der Waals surface area contributed by atoms with Crippen molar-refractivity contribution >= 4 is 11.6 Å². The second-order valence-electron chi connectivity index (χ2n) is 9.27. The lowest BCUT2D eigenvalue weighted by Crippen LogP contribution is -2.49. The van der Waals surface area contributed by atoms with E-state index in [1.807, 2.05) is 30.5 Å². The minimum atomic E-state index is -0.347. The molecule has 0 fully saturated rings. The van der Waals surface area contributed by atoms with Gasteiger partial charge in [0.05, 0.1) is 12.6 Å². The molecule has 5 rings (SSSR count). The number of rotatable bonds is 7. The zero-order valence-corrected chi connectivity index (χ0v) is 20.4. The molecule has 3 aromatic carbocycles. The van der Waals surface area contributed by atoms with E-state index in [0.717, 1.165) is 17.7 Å². The van der Waals surface area contributed by atoms with Gasteiger partial charge in [-0.3, -0.25) is 9.78 Å². The quantitative estimate of drug-likeness (QED) is 0.353. The molecule has 5 heteroatoms. The van der Waals surface area contributed by atoms with Gasteiger partial charge in [0.1, 0.15) is 5.82 Å². The molecule has 1 aliphatic rings. The second-order valence-corrected chi connectivity index (χ2v) is 9.27. The van der Waals surface area contributed by atoms with Crippen LogP contribution in [0.25, 0.3) is 0 Å². The third-order valence-corrected chi connectivity index (χ3v) is 6.94. The normalized spacial score (nSPS) is 15.7. The van der Waals surface area contributed by atoms with Crippen LogP contribution in [0.15, 0.2) is 97.2 Å². The first-order chi connectivity index (χ1) is 17.6. The first-order valence-corrected chi connectivity index (χ1v) is 12.5. The molecule has 4 aromatic rings. The van der Waals surface area contributed by atoms with Gasteiger partial charge in [0, 0.05) is 30.0 Å². The Bertz CT molecular complexity index is 1310. The molecule has 1 aliphatic heterocycles. The van der Waals surface area contributed by atoms with E-state index < -0.39 is 0 Å². The number of benzene rings is 3. The first-order valence-electron chi connectivity index (χ1n) is 12.5. The zero-order valence-electron chi connectivity index (χ0n) is 20.4. The Kier molecular flexibility index (Phi) is 7.19. The number of nitrogens with one attached hydrogen (secondary N) is 1. The maximum atomic E-state index is 13.8. The molecule has 0 saturated carbocycles. The summed E-state index contributed by atoms with van der Waals surface area (Å²) in [6, 6.07) is 28.5. The summed E-state index contributed by atoms with van der Waals surface area (Å²) in [6.45, 7) is 3.18. The van der Waals surface area contributed by atoms with E-state index >= 15 is 0 Å². The second kappa shape index (κ2) is 10.8. The van der Waals surface area contributed by atoms with Crippen LogP contribution in [0.1, 0.15) is 47.2 Å². The van der Waals surface area contributed by atoms with E-state index in [2.05, 4.69) is 54.7 Å². The van der Waals surface area contributed by atoms with Crippen molar-refractivity contribution in [1.82, 2.24) is 10.3 Å². The molecule has 2 unspecified atom stereocenters. The average Bonchev–Trinajstić information content (AvgIpc) is 2.93. The Hall–Kier alpha value is -3.83. The van der Waals surface area contributed by atoms with Crippen LogP contribution in [0.3, 0.4) is 0 Å². The van der Waals surface area contributed by atoms with Crippen LogP contribution >= 0.6 is 0 Å². The summed E-state index contributed by atoms with van der Waals surface area (Å²) in [5.41, 5.74) is 6.26. The summed E-state index contributed by atoms with van der Waals surface area (Å²) in [5.74, 6) is -0.133. The third-order valence-electron chi connectivity index (χ3n) is 6.94. The van der Waals surface area contributed by atoms with E-state index in [4.69, 9.17) is 4.98 Å². The highest BCUT2D eigenvalue weighted by Crippen LogP contribution is 2.27. The minimum absolute atomic E-state index is 0.0316. The van der Waals surface area contributed by atoms with Gasteiger partial charge in [-0.1, -0.05) is 67.6 Å². The van der Waals surface area contributed by atoms with Crippen molar-refractivity contribution in [1.29, 1.82) is 0 Å². The standard InChI is InChI=1S/C31H30FN3O/c1-2-28(23-8-4-3-5-9-23)29-17-12-22(19-33-29)21-35(27-15-13-26(32)14-16-27)31(36)30-18-24-10-6-7-11-25(24)20-34-30/h3-17,19,28,30,34H,2,18,20-21H2,1H3. The molecule has 2 heterocycles. The van der Waals surface area contributed by atoms with Crippen molar-refractivity contribution in [2.45, 2.75) is 44.8 Å². The van der Waals surface area contributed by atoms with Gasteiger partial charge >= 0.3 is 0 Å². The van der Waals surface area contributed by atoms with E-state index in [9.17, 15) is 9.18 Å². The highest BCUT2D eigenvalue weighted by atomic mass is 19.1. The molecular formula is C31H30FN3O. The van der Waals surface area contributed by atoms with Crippen LogP contribution in [-0.2, 0) is 24.3 Å². The van der Waals surface area contributed by atoms with Crippen LogP contribution in [0, 0.1) is 5.82 Å². The van der Waals surface area contributed by atoms with Crippen molar-refractivity contribution in [3.63, 3.8) is 0 Å². The zero-order chi connectivity index (χ0) is 24.9. The van der Waals surface area contributed by atoms with Crippen LogP contribution in [0.2, 0.25) is 0 Å². The topological polar surface area (TPSA) is 45.2 Å². The molecule has 0 radical (unpaired) electrons. The van der Waals surface area contributed by atoms with Crippen molar-refractivity contribution < 1.29 is 9.18 Å². The molecule has 0 aliphatic carbocycles. The van der Waals surface area contributed by atoms with Gasteiger partial charge in [-0.2, -0.15) is 0 Å². The van der Waals surface area contributed by atoms with Gasteiger partial charge < -0.3 is 10.2 Å². The fourth-order valence-corrected chi connectivity index (χ4v) is 4.95. The molecule has 2 atom stereocenters. The number of pyridine rings is 1. The fraction of sp³-hybridized carbons (Fsp3) is 0.226. The fourth-order valence-electron chi connectivity index (χ4n) is 4.95. The molecule has 0 saturated heterocycles. The van der Waals surface area contributed by atoms with Gasteiger partial charge in [0.25, 0.3) is 0 Å². The van der Waals surface area contributed by atoms with Gasteiger partial charge in [-0.15, -0.1) is 0 Å². The number of anilines is 1. The first kappa shape index (κ1) is 23.9. The van der Waals surface area contributed by atoms with Crippen molar-refractivity contribution in [3.8, 4) is 0 Å². The molecular weight excluding hydrogens is 449 g/mol. The number of hydrogen-bond donors (Lipinski definition) is 1. The number of fused-ring (bicyclic) bond motifs is 1. The van der Waals surface area contributed by atoms with Crippen molar-refractivity contribution in [2.24, 2.45) is 0 Å². The number of carbonyl (C=O) groups excluding carboxylic acids is 1. The molecule has 182 valence electrons. The number of aromatic nitrogens is 1. The van der Waals surface area contributed by atoms with Crippen molar-refractivity contribution in [3.05, 3.63) is 131 Å². The molecule has 0 spiro atoms. The summed E-state index contributed by atoms with van der Waals surface area (Å²) in [7, 11) is 0. The van der Waals surface area contributed by atoms with Crippen molar-refractivity contribution in [2.75, 3.05) is 4.90 Å². The number of amides is 1. The Morgan fingerprint density at radius 3 is 2.39 bits per heavy atom. The Morgan fingerprint density at radius 2 is 1.69 bits per heavy atom. The average molecular weight is 480 g/mol. The van der Waals surface area contributed by atoms with E-state index in [1.165, 1.54) is 28.8 Å². The SMILES string of the molecule is CCC(c1ccccc1)c1ccc(CN(C(=O)C2Cc3ccccc3CN2)c2ccc(F)cc2)cn1. The lowest BCUT2D eigenvalue weighted by Gasteiger charge is -2.31. The summed E-state index contributed by atoms with van der Waals surface area (Å²) in [6.07, 6.45) is 3.43. The Morgan fingerprint density at radius 1 is 0.972 bits per heavy atom. The lowest BCUT2D eigenvalue weighted by atomic mass is 9.92. The van der Waals surface area contributed by atoms with E-state index in [1.54, 1.807) is 17.0 Å². The third kappa shape index (κ3) is 5.21. The molecule has 0 bridgehead atoms. The van der Waals surface area contributed by atoms with Gasteiger partial charge in [-0.25, -0.2) is 4.39 Å². The van der Waals surface area contributed by atoms with E-state index in [-0.39, 0.29) is 23.7 Å². The largest absolute Gasteiger partial charge is 0.307 e. The number of nitrogens with zero attached hydrogens (tertiary/aromatic N) is 2. The Labute approximate surface area is 211 Å². The monoisotopic (exact) mass is 479 g/mol. The molecule has 1 amide bonds. The van der Waals surface area contributed by atoms with Gasteiger partial charge in [0.15, 0.2) is 0 Å². The van der Waals surface area contributed by atoms with Gasteiger partial charge in [0.2, 0.25) is 5.91 Å². The predicted octanol–water partition coefficient (Wildman–Crippen LogP) is 6.01. The summed E-state index contributed by atoms with van der Waals surface area (Å²) in [4.78, 5) is 20.3. The molecule has 1 aromatic heterocycles. The molecule has 1 N–H and O–H groups in total. The Balaban J connectivity index is 1.39. The van der Waals surface area contributed by atoms with Crippen LogP contribution in [0.4, 0.5) is 10.1 Å². The summed E-state index contributed by atoms with van der Waals surface area (Å²) >= 11 is 0. The molecule has 36 heavy (non-hydrogen) atoms.